The first-order valence-corrected chi connectivity index (χ1v) is 7.65. The van der Waals surface area contributed by atoms with Gasteiger partial charge in [0.1, 0.15) is 12.1 Å². The smallest absolute Gasteiger partial charge is 0.319 e. The Hall–Kier alpha value is -2.57. The van der Waals surface area contributed by atoms with E-state index in [1.807, 2.05) is 31.3 Å². The van der Waals surface area contributed by atoms with Crippen LogP contribution in [-0.2, 0) is 13.6 Å². The third kappa shape index (κ3) is 5.61. The predicted molar refractivity (Wildman–Crippen MR) is 88.3 cm³/mol. The minimum atomic E-state index is -0.299. The number of amides is 2. The minimum absolute atomic E-state index is 0.299. The highest BCUT2D eigenvalue weighted by molar-refractivity contribution is 5.89. The van der Waals surface area contributed by atoms with Gasteiger partial charge in [0.25, 0.3) is 0 Å². The SMILES string of the molecule is CC(C)CCOc1cccc(NC(=O)NCc2nncn2C)c1. The highest BCUT2D eigenvalue weighted by Gasteiger charge is 2.06. The zero-order valence-electron chi connectivity index (χ0n) is 13.7. The van der Waals surface area contributed by atoms with Crippen LogP contribution in [0.25, 0.3) is 0 Å². The van der Waals surface area contributed by atoms with Crippen molar-refractivity contribution in [1.29, 1.82) is 0 Å². The second-order valence-electron chi connectivity index (χ2n) is 5.72. The quantitative estimate of drug-likeness (QED) is 0.822. The summed E-state index contributed by atoms with van der Waals surface area (Å²) in [5.41, 5.74) is 0.683. The van der Waals surface area contributed by atoms with Crippen LogP contribution < -0.4 is 15.4 Å². The van der Waals surface area contributed by atoms with Gasteiger partial charge in [-0.2, -0.15) is 0 Å². The molecule has 7 heteroatoms. The van der Waals surface area contributed by atoms with Gasteiger partial charge in [0.2, 0.25) is 0 Å². The highest BCUT2D eigenvalue weighted by atomic mass is 16.5. The molecule has 2 aromatic rings. The van der Waals surface area contributed by atoms with Gasteiger partial charge in [-0.1, -0.05) is 19.9 Å². The number of nitrogens with one attached hydrogen (secondary N) is 2. The molecule has 7 nitrogen and oxygen atoms in total. The topological polar surface area (TPSA) is 81.1 Å². The van der Waals surface area contributed by atoms with Crippen molar-refractivity contribution in [2.75, 3.05) is 11.9 Å². The van der Waals surface area contributed by atoms with Crippen LogP contribution in [0.4, 0.5) is 10.5 Å². The maximum Gasteiger partial charge on any atom is 0.319 e. The number of carbonyl (C=O) groups excluding carboxylic acids is 1. The fraction of sp³-hybridized carbons (Fsp3) is 0.438. The Morgan fingerprint density at radius 2 is 2.22 bits per heavy atom. The molecule has 2 N–H and O–H groups in total. The van der Waals surface area contributed by atoms with Gasteiger partial charge < -0.3 is 19.9 Å². The summed E-state index contributed by atoms with van der Waals surface area (Å²) in [5, 5.41) is 13.2. The fourth-order valence-corrected chi connectivity index (χ4v) is 1.88. The van der Waals surface area contributed by atoms with Crippen molar-refractivity contribution in [2.45, 2.75) is 26.8 Å². The molecule has 1 heterocycles. The number of carbonyl (C=O) groups is 1. The maximum absolute atomic E-state index is 11.9. The van der Waals surface area contributed by atoms with Crippen LogP contribution in [0.5, 0.6) is 5.75 Å². The summed E-state index contributed by atoms with van der Waals surface area (Å²) in [6.45, 7) is 5.29. The van der Waals surface area contributed by atoms with E-state index in [-0.39, 0.29) is 6.03 Å². The number of anilines is 1. The first-order valence-electron chi connectivity index (χ1n) is 7.65. The van der Waals surface area contributed by atoms with Gasteiger partial charge in [-0.05, 0) is 24.5 Å². The van der Waals surface area contributed by atoms with Gasteiger partial charge in [0.05, 0.1) is 13.2 Å². The fourth-order valence-electron chi connectivity index (χ4n) is 1.88. The van der Waals surface area contributed by atoms with E-state index in [2.05, 4.69) is 34.7 Å². The summed E-state index contributed by atoms with van der Waals surface area (Å²) in [7, 11) is 1.83. The summed E-state index contributed by atoms with van der Waals surface area (Å²) in [6.07, 6.45) is 2.59. The van der Waals surface area contributed by atoms with Crippen molar-refractivity contribution in [3.63, 3.8) is 0 Å². The summed E-state index contributed by atoms with van der Waals surface area (Å²) >= 11 is 0. The third-order valence-corrected chi connectivity index (χ3v) is 3.27. The molecule has 2 amide bonds. The van der Waals surface area contributed by atoms with E-state index in [0.717, 1.165) is 12.2 Å². The first kappa shape index (κ1) is 16.8. The molecule has 0 bridgehead atoms. The highest BCUT2D eigenvalue weighted by Crippen LogP contribution is 2.18. The second-order valence-corrected chi connectivity index (χ2v) is 5.72. The number of rotatable bonds is 7. The molecule has 23 heavy (non-hydrogen) atoms. The van der Waals surface area contributed by atoms with Crippen molar-refractivity contribution in [2.24, 2.45) is 13.0 Å². The van der Waals surface area contributed by atoms with E-state index in [0.29, 0.717) is 30.6 Å². The first-order chi connectivity index (χ1) is 11.0. The number of benzene rings is 1. The van der Waals surface area contributed by atoms with E-state index in [4.69, 9.17) is 4.74 Å². The molecule has 0 aliphatic rings. The van der Waals surface area contributed by atoms with Crippen molar-refractivity contribution in [3.05, 3.63) is 36.4 Å². The summed E-state index contributed by atoms with van der Waals surface area (Å²) in [6, 6.07) is 7.05. The second kappa shape index (κ2) is 8.17. The predicted octanol–water partition coefficient (Wildman–Crippen LogP) is 2.56. The molecule has 1 aromatic carbocycles. The Kier molecular flexibility index (Phi) is 5.96. The molecular formula is C16H23N5O2. The average Bonchev–Trinajstić information content (AvgIpc) is 2.90. The Morgan fingerprint density at radius 3 is 2.91 bits per heavy atom. The normalized spacial score (nSPS) is 10.6. The Bertz CT molecular complexity index is 639. The van der Waals surface area contributed by atoms with E-state index >= 15 is 0 Å². The molecule has 1 aromatic heterocycles. The van der Waals surface area contributed by atoms with Crippen molar-refractivity contribution >= 4 is 11.7 Å². The Labute approximate surface area is 136 Å². The molecule has 0 fully saturated rings. The lowest BCUT2D eigenvalue weighted by atomic mass is 10.1. The lowest BCUT2D eigenvalue weighted by molar-refractivity contribution is 0.251. The van der Waals surface area contributed by atoms with Crippen LogP contribution in [-0.4, -0.2) is 27.4 Å². The van der Waals surface area contributed by atoms with Crippen LogP contribution in [0.15, 0.2) is 30.6 Å². The van der Waals surface area contributed by atoms with E-state index in [1.165, 1.54) is 0 Å². The monoisotopic (exact) mass is 317 g/mol. The van der Waals surface area contributed by atoms with Crippen molar-refractivity contribution < 1.29 is 9.53 Å². The molecule has 0 saturated carbocycles. The summed E-state index contributed by atoms with van der Waals surface area (Å²) < 4.78 is 7.43. The minimum Gasteiger partial charge on any atom is -0.494 e. The van der Waals surface area contributed by atoms with E-state index < -0.39 is 0 Å². The summed E-state index contributed by atoms with van der Waals surface area (Å²) in [4.78, 5) is 11.9. The largest absolute Gasteiger partial charge is 0.494 e. The standard InChI is InChI=1S/C16H23N5O2/c1-12(2)7-8-23-14-6-4-5-13(9-14)19-16(22)17-10-15-20-18-11-21(15)3/h4-6,9,11-12H,7-8,10H2,1-3H3,(H2,17,19,22). The molecule has 0 aliphatic heterocycles. The Morgan fingerprint density at radius 1 is 1.39 bits per heavy atom. The molecule has 2 rings (SSSR count). The lowest BCUT2D eigenvalue weighted by Crippen LogP contribution is -2.29. The average molecular weight is 317 g/mol. The van der Waals surface area contributed by atoms with E-state index in [9.17, 15) is 4.79 Å². The van der Waals surface area contributed by atoms with Gasteiger partial charge in [-0.25, -0.2) is 4.79 Å². The molecule has 0 unspecified atom stereocenters. The molecule has 0 saturated heterocycles. The molecule has 0 atom stereocenters. The van der Waals surface area contributed by atoms with Crippen molar-refractivity contribution in [3.8, 4) is 5.75 Å². The molecular weight excluding hydrogens is 294 g/mol. The number of aryl methyl sites for hydroxylation is 1. The van der Waals surface area contributed by atoms with Gasteiger partial charge >= 0.3 is 6.03 Å². The van der Waals surface area contributed by atoms with E-state index in [1.54, 1.807) is 10.9 Å². The summed E-state index contributed by atoms with van der Waals surface area (Å²) in [5.74, 6) is 2.03. The zero-order chi connectivity index (χ0) is 16.7. The number of urea groups is 1. The number of aromatic nitrogens is 3. The van der Waals surface area contributed by atoms with Crippen LogP contribution in [0.2, 0.25) is 0 Å². The van der Waals surface area contributed by atoms with Crippen molar-refractivity contribution in [1.82, 2.24) is 20.1 Å². The Balaban J connectivity index is 1.82. The van der Waals surface area contributed by atoms with Crippen LogP contribution in [0, 0.1) is 5.92 Å². The van der Waals surface area contributed by atoms with Gasteiger partial charge in [-0.3, -0.25) is 0 Å². The van der Waals surface area contributed by atoms with Crippen LogP contribution >= 0.6 is 0 Å². The number of nitrogens with zero attached hydrogens (tertiary/aromatic N) is 3. The number of ether oxygens (including phenoxy) is 1. The van der Waals surface area contributed by atoms with Gasteiger partial charge in [-0.15, -0.1) is 10.2 Å². The maximum atomic E-state index is 11.9. The van der Waals surface area contributed by atoms with Gasteiger partial charge in [0.15, 0.2) is 5.82 Å². The molecule has 0 spiro atoms. The zero-order valence-corrected chi connectivity index (χ0v) is 13.7. The number of hydrogen-bond acceptors (Lipinski definition) is 4. The van der Waals surface area contributed by atoms with Crippen LogP contribution in [0.3, 0.4) is 0 Å². The number of hydrogen-bond donors (Lipinski definition) is 2. The van der Waals surface area contributed by atoms with Crippen LogP contribution in [0.1, 0.15) is 26.1 Å². The van der Waals surface area contributed by atoms with Gasteiger partial charge in [0, 0.05) is 18.8 Å². The lowest BCUT2D eigenvalue weighted by Gasteiger charge is -2.11. The molecule has 0 aliphatic carbocycles. The molecule has 0 radical (unpaired) electrons. The molecule has 124 valence electrons. The third-order valence-electron chi connectivity index (χ3n) is 3.27.